The standard InChI is InChI=1S/C16H13N3O4/c20-16(23-12-13-5-2-1-3-6-13)17-10-4-7-14-8-9-15(11-18-14)19(21)22/h1-3,5-6,8-9,11H,10,12H2,(H,17,20). The highest BCUT2D eigenvalue weighted by Gasteiger charge is 2.03. The number of nitrogens with one attached hydrogen (secondary N) is 1. The Morgan fingerprint density at radius 2 is 2.04 bits per heavy atom. The number of hydrogen-bond donors (Lipinski definition) is 1. The highest BCUT2D eigenvalue weighted by atomic mass is 16.6. The first-order valence-corrected chi connectivity index (χ1v) is 6.69. The zero-order valence-electron chi connectivity index (χ0n) is 12.1. The van der Waals surface area contributed by atoms with E-state index in [1.807, 2.05) is 30.3 Å². The summed E-state index contributed by atoms with van der Waals surface area (Å²) >= 11 is 0. The SMILES string of the molecule is O=C(NCC#Cc1ccc([N+](=O)[O-])cn1)OCc1ccccc1. The van der Waals surface area contributed by atoms with E-state index in [4.69, 9.17) is 4.74 Å². The van der Waals surface area contributed by atoms with Gasteiger partial charge in [-0.15, -0.1) is 0 Å². The van der Waals surface area contributed by atoms with Gasteiger partial charge in [0.2, 0.25) is 0 Å². The average molecular weight is 311 g/mol. The molecular formula is C16H13N3O4. The van der Waals surface area contributed by atoms with E-state index in [1.54, 1.807) is 0 Å². The predicted molar refractivity (Wildman–Crippen MR) is 82.4 cm³/mol. The van der Waals surface area contributed by atoms with Gasteiger partial charge in [-0.25, -0.2) is 9.78 Å². The minimum Gasteiger partial charge on any atom is -0.445 e. The van der Waals surface area contributed by atoms with Crippen LogP contribution in [0.1, 0.15) is 11.3 Å². The highest BCUT2D eigenvalue weighted by Crippen LogP contribution is 2.07. The van der Waals surface area contributed by atoms with E-state index in [1.165, 1.54) is 12.1 Å². The molecule has 0 saturated carbocycles. The smallest absolute Gasteiger partial charge is 0.408 e. The highest BCUT2D eigenvalue weighted by molar-refractivity contribution is 5.67. The van der Waals surface area contributed by atoms with Crippen LogP contribution in [0, 0.1) is 22.0 Å². The van der Waals surface area contributed by atoms with Crippen molar-refractivity contribution in [3.8, 4) is 11.8 Å². The Labute approximate surface area is 132 Å². The summed E-state index contributed by atoms with van der Waals surface area (Å²) in [4.78, 5) is 25.2. The molecule has 1 N–H and O–H groups in total. The molecule has 0 aliphatic heterocycles. The van der Waals surface area contributed by atoms with Crippen LogP contribution in [0.4, 0.5) is 10.5 Å². The maximum atomic E-state index is 11.5. The summed E-state index contributed by atoms with van der Waals surface area (Å²) < 4.78 is 5.01. The van der Waals surface area contributed by atoms with Gasteiger partial charge in [-0.2, -0.15) is 0 Å². The zero-order valence-corrected chi connectivity index (χ0v) is 12.1. The van der Waals surface area contributed by atoms with Crippen LogP contribution in [0.3, 0.4) is 0 Å². The van der Waals surface area contributed by atoms with E-state index in [0.29, 0.717) is 5.69 Å². The van der Waals surface area contributed by atoms with Gasteiger partial charge in [-0.1, -0.05) is 36.3 Å². The first-order valence-electron chi connectivity index (χ1n) is 6.69. The summed E-state index contributed by atoms with van der Waals surface area (Å²) in [5.74, 6) is 5.37. The van der Waals surface area contributed by atoms with Crippen LogP contribution in [0.15, 0.2) is 48.7 Å². The largest absolute Gasteiger partial charge is 0.445 e. The van der Waals surface area contributed by atoms with Crippen molar-refractivity contribution in [2.24, 2.45) is 0 Å². The molecule has 2 aromatic rings. The molecule has 0 unspecified atom stereocenters. The third-order valence-corrected chi connectivity index (χ3v) is 2.71. The maximum Gasteiger partial charge on any atom is 0.408 e. The zero-order chi connectivity index (χ0) is 16.5. The summed E-state index contributed by atoms with van der Waals surface area (Å²) in [5.41, 5.74) is 1.18. The monoisotopic (exact) mass is 311 g/mol. The Hall–Kier alpha value is -3.40. The molecule has 1 aromatic heterocycles. The Balaban J connectivity index is 1.74. The first-order chi connectivity index (χ1) is 11.1. The molecule has 0 bridgehead atoms. The summed E-state index contributed by atoms with van der Waals surface area (Å²) in [6.07, 6.45) is 0.561. The van der Waals surface area contributed by atoms with Crippen molar-refractivity contribution in [1.29, 1.82) is 0 Å². The van der Waals surface area contributed by atoms with Gasteiger partial charge >= 0.3 is 6.09 Å². The third kappa shape index (κ3) is 5.47. The second-order valence-corrected chi connectivity index (χ2v) is 4.38. The molecule has 1 heterocycles. The van der Waals surface area contributed by atoms with E-state index in [-0.39, 0.29) is 18.8 Å². The fourth-order valence-electron chi connectivity index (χ4n) is 1.59. The number of nitro groups is 1. The van der Waals surface area contributed by atoms with Crippen LogP contribution >= 0.6 is 0 Å². The van der Waals surface area contributed by atoms with Gasteiger partial charge in [0, 0.05) is 6.07 Å². The molecule has 0 atom stereocenters. The minimum absolute atomic E-state index is 0.0896. The second kappa shape index (κ2) is 8.14. The Morgan fingerprint density at radius 1 is 1.26 bits per heavy atom. The van der Waals surface area contributed by atoms with Crippen LogP contribution < -0.4 is 5.32 Å². The molecule has 0 saturated heterocycles. The Bertz CT molecular complexity index is 733. The third-order valence-electron chi connectivity index (χ3n) is 2.71. The molecular weight excluding hydrogens is 298 g/mol. The molecule has 23 heavy (non-hydrogen) atoms. The molecule has 7 nitrogen and oxygen atoms in total. The summed E-state index contributed by atoms with van der Waals surface area (Å²) in [7, 11) is 0. The number of pyridine rings is 1. The molecule has 7 heteroatoms. The van der Waals surface area contributed by atoms with E-state index >= 15 is 0 Å². The van der Waals surface area contributed by atoms with Crippen molar-refractivity contribution >= 4 is 11.8 Å². The van der Waals surface area contributed by atoms with Gasteiger partial charge in [0.1, 0.15) is 18.5 Å². The van der Waals surface area contributed by atoms with Crippen molar-refractivity contribution in [3.05, 3.63) is 70.0 Å². The van der Waals surface area contributed by atoms with Crippen molar-refractivity contribution in [3.63, 3.8) is 0 Å². The lowest BCUT2D eigenvalue weighted by Crippen LogP contribution is -2.24. The number of ether oxygens (including phenoxy) is 1. The maximum absolute atomic E-state index is 11.5. The molecule has 0 fully saturated rings. The topological polar surface area (TPSA) is 94.4 Å². The Morgan fingerprint density at radius 3 is 2.70 bits per heavy atom. The molecule has 2 rings (SSSR count). The van der Waals surface area contributed by atoms with E-state index in [0.717, 1.165) is 11.8 Å². The predicted octanol–water partition coefficient (Wildman–Crippen LogP) is 2.27. The van der Waals surface area contributed by atoms with Crippen LogP contribution in [0.25, 0.3) is 0 Å². The molecule has 0 spiro atoms. The summed E-state index contributed by atoms with van der Waals surface area (Å²) in [6, 6.07) is 12.1. The molecule has 0 aliphatic rings. The number of hydrogen-bond acceptors (Lipinski definition) is 5. The number of carbonyl (C=O) groups excluding carboxylic acids is 1. The summed E-state index contributed by atoms with van der Waals surface area (Å²) in [5, 5.41) is 13.0. The van der Waals surface area contributed by atoms with Crippen molar-refractivity contribution in [1.82, 2.24) is 10.3 Å². The fraction of sp³-hybridized carbons (Fsp3) is 0.125. The normalized spacial score (nSPS) is 9.39. The van der Waals surface area contributed by atoms with Crippen molar-refractivity contribution in [2.45, 2.75) is 6.61 Å². The van der Waals surface area contributed by atoms with Crippen LogP contribution in [-0.2, 0) is 11.3 Å². The number of benzene rings is 1. The summed E-state index contributed by atoms with van der Waals surface area (Å²) in [6.45, 7) is 0.274. The Kier molecular flexibility index (Phi) is 5.66. The average Bonchev–Trinajstić information content (AvgIpc) is 2.58. The number of rotatable bonds is 4. The minimum atomic E-state index is -0.570. The number of aromatic nitrogens is 1. The molecule has 0 radical (unpaired) electrons. The fourth-order valence-corrected chi connectivity index (χ4v) is 1.59. The van der Waals surface area contributed by atoms with Crippen molar-refractivity contribution in [2.75, 3.05) is 6.54 Å². The molecule has 0 aliphatic carbocycles. The second-order valence-electron chi connectivity index (χ2n) is 4.38. The van der Waals surface area contributed by atoms with Gasteiger partial charge in [0.05, 0.1) is 11.5 Å². The number of amides is 1. The van der Waals surface area contributed by atoms with Crippen LogP contribution in [0.2, 0.25) is 0 Å². The van der Waals surface area contributed by atoms with Gasteiger partial charge in [-0.05, 0) is 17.6 Å². The van der Waals surface area contributed by atoms with Crippen LogP contribution in [-0.4, -0.2) is 22.5 Å². The lowest BCUT2D eigenvalue weighted by molar-refractivity contribution is -0.385. The lowest BCUT2D eigenvalue weighted by atomic mass is 10.2. The first kappa shape index (κ1) is 16.0. The van der Waals surface area contributed by atoms with Gasteiger partial charge in [0.15, 0.2) is 0 Å². The van der Waals surface area contributed by atoms with Gasteiger partial charge in [-0.3, -0.25) is 10.1 Å². The number of nitrogens with zero attached hydrogens (tertiary/aromatic N) is 2. The molecule has 1 aromatic carbocycles. The lowest BCUT2D eigenvalue weighted by Gasteiger charge is -2.04. The van der Waals surface area contributed by atoms with Gasteiger partial charge < -0.3 is 10.1 Å². The van der Waals surface area contributed by atoms with Crippen LogP contribution in [0.5, 0.6) is 0 Å². The molecule has 116 valence electrons. The number of carbonyl (C=O) groups is 1. The van der Waals surface area contributed by atoms with Gasteiger partial charge in [0.25, 0.3) is 5.69 Å². The number of alkyl carbamates (subject to hydrolysis) is 1. The van der Waals surface area contributed by atoms with Crippen molar-refractivity contribution < 1.29 is 14.5 Å². The quantitative estimate of drug-likeness (QED) is 0.531. The van der Waals surface area contributed by atoms with E-state index in [2.05, 4.69) is 22.1 Å². The molecule has 1 amide bonds. The van der Waals surface area contributed by atoms with E-state index < -0.39 is 11.0 Å². The van der Waals surface area contributed by atoms with E-state index in [9.17, 15) is 14.9 Å².